The summed E-state index contributed by atoms with van der Waals surface area (Å²) in [5, 5.41) is 9.47. The molecular formula is C12H12Cl2N2O. The number of nitrogens with zero attached hydrogens (tertiary/aromatic N) is 1. The van der Waals surface area contributed by atoms with E-state index in [1.807, 2.05) is 12.1 Å². The summed E-state index contributed by atoms with van der Waals surface area (Å²) in [5.41, 5.74) is 4.38. The second-order valence-electron chi connectivity index (χ2n) is 3.25. The molecule has 0 saturated heterocycles. The molecule has 0 radical (unpaired) electrons. The summed E-state index contributed by atoms with van der Waals surface area (Å²) in [6, 6.07) is 7.37. The molecule has 0 aliphatic heterocycles. The van der Waals surface area contributed by atoms with Crippen LogP contribution in [0.1, 0.15) is 18.4 Å². The molecule has 1 rings (SSSR count). The van der Waals surface area contributed by atoms with Gasteiger partial charge in [-0.25, -0.2) is 0 Å². The molecule has 17 heavy (non-hydrogen) atoms. The number of hydrogen-bond acceptors (Lipinski definition) is 3. The quantitative estimate of drug-likeness (QED) is 0.654. The summed E-state index contributed by atoms with van der Waals surface area (Å²) >= 11 is 11.8. The van der Waals surface area contributed by atoms with Gasteiger partial charge in [-0.3, -0.25) is 10.3 Å². The second kappa shape index (κ2) is 7.18. The van der Waals surface area contributed by atoms with Crippen LogP contribution < -0.4 is 5.48 Å². The topological polar surface area (TPSA) is 45.0 Å². The molecule has 0 aliphatic rings. The molecule has 1 aromatic carbocycles. The van der Waals surface area contributed by atoms with Gasteiger partial charge in [-0.15, -0.1) is 0 Å². The lowest BCUT2D eigenvalue weighted by atomic mass is 10.1. The first-order valence-electron chi connectivity index (χ1n) is 5.00. The van der Waals surface area contributed by atoms with Gasteiger partial charge in [-0.05, 0) is 18.6 Å². The predicted molar refractivity (Wildman–Crippen MR) is 69.4 cm³/mol. The number of rotatable bonds is 5. The van der Waals surface area contributed by atoms with E-state index in [0.717, 1.165) is 11.3 Å². The van der Waals surface area contributed by atoms with E-state index in [9.17, 15) is 0 Å². The van der Waals surface area contributed by atoms with Crippen LogP contribution in [0.5, 0.6) is 0 Å². The lowest BCUT2D eigenvalue weighted by Crippen LogP contribution is -2.10. The van der Waals surface area contributed by atoms with Crippen molar-refractivity contribution < 1.29 is 4.84 Å². The van der Waals surface area contributed by atoms with Crippen LogP contribution in [0.4, 0.5) is 0 Å². The van der Waals surface area contributed by atoms with Crippen molar-refractivity contribution in [2.75, 3.05) is 7.11 Å². The fourth-order valence-electron chi connectivity index (χ4n) is 1.27. The van der Waals surface area contributed by atoms with Gasteiger partial charge in [0.25, 0.3) is 0 Å². The number of nitrogens with one attached hydrogen (secondary N) is 1. The normalized spacial score (nSPS) is 11.1. The van der Waals surface area contributed by atoms with E-state index >= 15 is 0 Å². The Morgan fingerprint density at radius 3 is 2.82 bits per heavy atom. The molecule has 0 bridgehead atoms. The number of hydrogen-bond donors (Lipinski definition) is 1. The maximum atomic E-state index is 8.49. The fourth-order valence-corrected chi connectivity index (χ4v) is 1.57. The molecule has 0 fully saturated rings. The van der Waals surface area contributed by atoms with Gasteiger partial charge in [-0.2, -0.15) is 5.26 Å². The van der Waals surface area contributed by atoms with Crippen LogP contribution >= 0.6 is 23.2 Å². The van der Waals surface area contributed by atoms with Gasteiger partial charge in [0, 0.05) is 12.0 Å². The average Bonchev–Trinajstić information content (AvgIpc) is 2.32. The fraction of sp³-hybridized carbons (Fsp3) is 0.250. The van der Waals surface area contributed by atoms with E-state index in [1.54, 1.807) is 12.1 Å². The van der Waals surface area contributed by atoms with E-state index in [0.29, 0.717) is 22.9 Å². The summed E-state index contributed by atoms with van der Waals surface area (Å²) < 4.78 is 0. The van der Waals surface area contributed by atoms with Gasteiger partial charge >= 0.3 is 0 Å². The van der Waals surface area contributed by atoms with Crippen LogP contribution in [-0.4, -0.2) is 7.11 Å². The molecule has 5 heteroatoms. The Bertz CT molecular complexity index is 452. The molecule has 0 unspecified atom stereocenters. The maximum Gasteiger partial charge on any atom is 0.0637 e. The van der Waals surface area contributed by atoms with Crippen LogP contribution in [0, 0.1) is 11.3 Å². The Kier molecular flexibility index (Phi) is 5.85. The molecule has 0 spiro atoms. The zero-order chi connectivity index (χ0) is 12.7. The number of unbranched alkanes of at least 4 members (excludes halogenated alkanes) is 1. The van der Waals surface area contributed by atoms with Crippen molar-refractivity contribution in [1.29, 1.82) is 5.26 Å². The van der Waals surface area contributed by atoms with Crippen LogP contribution in [0.15, 0.2) is 24.3 Å². The monoisotopic (exact) mass is 270 g/mol. The van der Waals surface area contributed by atoms with E-state index in [2.05, 4.69) is 11.5 Å². The highest BCUT2D eigenvalue weighted by molar-refractivity contribution is 6.42. The van der Waals surface area contributed by atoms with E-state index in [1.165, 1.54) is 7.11 Å². The van der Waals surface area contributed by atoms with Crippen LogP contribution in [0.3, 0.4) is 0 Å². The van der Waals surface area contributed by atoms with Crippen molar-refractivity contribution in [3.8, 4) is 6.07 Å². The van der Waals surface area contributed by atoms with Gasteiger partial charge in [0.05, 0.1) is 28.9 Å². The largest absolute Gasteiger partial charge is 0.279 e. The minimum Gasteiger partial charge on any atom is -0.279 e. The lowest BCUT2D eigenvalue weighted by Gasteiger charge is -2.09. The molecule has 1 N–H and O–H groups in total. The van der Waals surface area contributed by atoms with Crippen LogP contribution in [-0.2, 0) is 4.84 Å². The Labute approximate surface area is 111 Å². The third-order valence-corrected chi connectivity index (χ3v) is 2.79. The molecule has 0 aliphatic carbocycles. The van der Waals surface area contributed by atoms with E-state index in [4.69, 9.17) is 33.3 Å². The highest BCUT2D eigenvalue weighted by Crippen LogP contribution is 2.25. The number of halogens is 2. The highest BCUT2D eigenvalue weighted by Gasteiger charge is 2.04. The average molecular weight is 271 g/mol. The van der Waals surface area contributed by atoms with E-state index in [-0.39, 0.29) is 0 Å². The molecule has 1 aromatic rings. The SMILES string of the molecule is CONC(=CCCC#N)c1ccc(Cl)c(Cl)c1. The van der Waals surface area contributed by atoms with Gasteiger partial charge in [0.2, 0.25) is 0 Å². The Balaban J connectivity index is 2.93. The molecule has 0 amide bonds. The minimum absolute atomic E-state index is 0.455. The molecule has 0 aromatic heterocycles. The second-order valence-corrected chi connectivity index (χ2v) is 4.06. The Morgan fingerprint density at radius 1 is 1.47 bits per heavy atom. The zero-order valence-electron chi connectivity index (χ0n) is 9.34. The molecule has 3 nitrogen and oxygen atoms in total. The Morgan fingerprint density at radius 2 is 2.24 bits per heavy atom. The molecule has 0 atom stereocenters. The molecule has 90 valence electrons. The van der Waals surface area contributed by atoms with Crippen LogP contribution in [0.25, 0.3) is 5.70 Å². The summed E-state index contributed by atoms with van der Waals surface area (Å²) in [6.07, 6.45) is 2.98. The van der Waals surface area contributed by atoms with Crippen molar-refractivity contribution in [3.05, 3.63) is 39.9 Å². The maximum absolute atomic E-state index is 8.49. The zero-order valence-corrected chi connectivity index (χ0v) is 10.8. The summed E-state index contributed by atoms with van der Waals surface area (Å²) in [4.78, 5) is 4.88. The number of hydroxylamine groups is 1. The van der Waals surface area contributed by atoms with Crippen molar-refractivity contribution in [2.24, 2.45) is 0 Å². The smallest absolute Gasteiger partial charge is 0.0637 e. The molecular weight excluding hydrogens is 259 g/mol. The Hall–Kier alpha value is -1.21. The summed E-state index contributed by atoms with van der Waals surface area (Å²) in [5.74, 6) is 0. The van der Waals surface area contributed by atoms with Crippen molar-refractivity contribution in [1.82, 2.24) is 5.48 Å². The molecule has 0 heterocycles. The van der Waals surface area contributed by atoms with Gasteiger partial charge in [-0.1, -0.05) is 35.3 Å². The number of allylic oxidation sites excluding steroid dienone is 1. The first kappa shape index (κ1) is 13.9. The van der Waals surface area contributed by atoms with Crippen molar-refractivity contribution in [3.63, 3.8) is 0 Å². The highest BCUT2D eigenvalue weighted by atomic mass is 35.5. The summed E-state index contributed by atoms with van der Waals surface area (Å²) in [6.45, 7) is 0. The summed E-state index contributed by atoms with van der Waals surface area (Å²) in [7, 11) is 1.52. The van der Waals surface area contributed by atoms with Crippen molar-refractivity contribution >= 4 is 28.9 Å². The van der Waals surface area contributed by atoms with Gasteiger partial charge in [0.1, 0.15) is 0 Å². The molecule has 0 saturated carbocycles. The number of benzene rings is 1. The predicted octanol–water partition coefficient (Wildman–Crippen LogP) is 3.79. The van der Waals surface area contributed by atoms with Crippen LogP contribution in [0.2, 0.25) is 10.0 Å². The third kappa shape index (κ3) is 4.27. The standard InChI is InChI=1S/C12H12Cl2N2O/c1-17-16-12(4-2-3-7-15)9-5-6-10(13)11(14)8-9/h4-6,8,16H,2-3H2,1H3. The van der Waals surface area contributed by atoms with Gasteiger partial charge in [0.15, 0.2) is 0 Å². The first-order valence-corrected chi connectivity index (χ1v) is 5.76. The minimum atomic E-state index is 0.455. The third-order valence-electron chi connectivity index (χ3n) is 2.05. The number of nitriles is 1. The first-order chi connectivity index (χ1) is 8.19. The lowest BCUT2D eigenvalue weighted by molar-refractivity contribution is 0.136. The van der Waals surface area contributed by atoms with Crippen molar-refractivity contribution in [2.45, 2.75) is 12.8 Å². The van der Waals surface area contributed by atoms with E-state index < -0.39 is 0 Å². The van der Waals surface area contributed by atoms with Gasteiger partial charge < -0.3 is 0 Å².